The number of anilines is 3. The van der Waals surface area contributed by atoms with Gasteiger partial charge in [0.15, 0.2) is 5.82 Å². The third-order valence-corrected chi connectivity index (χ3v) is 3.14. The van der Waals surface area contributed by atoms with Gasteiger partial charge in [0, 0.05) is 24.9 Å². The summed E-state index contributed by atoms with van der Waals surface area (Å²) < 4.78 is 47.9. The van der Waals surface area contributed by atoms with Crippen molar-refractivity contribution in [2.24, 2.45) is 0 Å². The van der Waals surface area contributed by atoms with Crippen LogP contribution < -0.4 is 15.8 Å². The summed E-state index contributed by atoms with van der Waals surface area (Å²) in [7, 11) is 1.23. The summed E-state index contributed by atoms with van der Waals surface area (Å²) in [6.45, 7) is 4.64. The predicted molar refractivity (Wildman–Crippen MR) is 97.2 cm³/mol. The van der Waals surface area contributed by atoms with Crippen LogP contribution in [0.4, 0.5) is 30.4 Å². The van der Waals surface area contributed by atoms with Crippen LogP contribution in [0.5, 0.6) is 5.75 Å². The number of nitrogens with one attached hydrogen (secondary N) is 1. The lowest BCUT2D eigenvalue weighted by Crippen LogP contribution is -2.35. The number of hydrogen-bond donors (Lipinski definition) is 2. The first kappa shape index (κ1) is 22.1. The Hall–Kier alpha value is -2.97. The van der Waals surface area contributed by atoms with Crippen LogP contribution in [0.15, 0.2) is 36.5 Å². The molecule has 1 aromatic heterocycles. The largest absolute Gasteiger partial charge is 0.465 e. The van der Waals surface area contributed by atoms with Gasteiger partial charge in [-0.05, 0) is 18.2 Å². The van der Waals surface area contributed by atoms with Crippen molar-refractivity contribution in [3.63, 3.8) is 0 Å². The number of benzene rings is 1. The van der Waals surface area contributed by atoms with Gasteiger partial charge in [0.2, 0.25) is 0 Å². The average molecular weight is 385 g/mol. The van der Waals surface area contributed by atoms with E-state index >= 15 is 0 Å². The van der Waals surface area contributed by atoms with Crippen molar-refractivity contribution in [1.29, 1.82) is 0 Å². The van der Waals surface area contributed by atoms with Gasteiger partial charge in [-0.15, -0.1) is 0 Å². The number of rotatable bonds is 6. The minimum absolute atomic E-state index is 0.0972. The number of carbonyl (C=O) groups is 1. The molecule has 0 fully saturated rings. The van der Waals surface area contributed by atoms with Crippen LogP contribution in [-0.4, -0.2) is 30.3 Å². The molecule has 0 spiro atoms. The number of methoxy groups -OCH3 is 1. The molecule has 0 radical (unpaired) electrons. The number of ether oxygens (including phenoxy) is 2. The second-order valence-electron chi connectivity index (χ2n) is 5.19. The van der Waals surface area contributed by atoms with Crippen LogP contribution in [0, 0.1) is 0 Å². The molecule has 27 heavy (non-hydrogen) atoms. The highest BCUT2D eigenvalue weighted by atomic mass is 19.3. The SMILES string of the molecule is CC.COC(=O)c1cnc(Nc2cccc(OC(C)(F)C(F)F)c2)c(N)c1. The molecule has 1 heterocycles. The molecule has 0 saturated heterocycles. The fourth-order valence-corrected chi connectivity index (χ4v) is 1.86. The lowest BCUT2D eigenvalue weighted by molar-refractivity contribution is -0.152. The lowest BCUT2D eigenvalue weighted by atomic mass is 10.2. The Bertz CT molecular complexity index is 771. The Labute approximate surface area is 155 Å². The van der Waals surface area contributed by atoms with Crippen molar-refractivity contribution in [1.82, 2.24) is 4.98 Å². The molecule has 1 aromatic carbocycles. The number of nitrogens with two attached hydrogens (primary N) is 1. The molecule has 0 aliphatic carbocycles. The Balaban J connectivity index is 0.00000176. The Morgan fingerprint density at radius 1 is 1.30 bits per heavy atom. The molecule has 3 N–H and O–H groups in total. The van der Waals surface area contributed by atoms with E-state index in [0.29, 0.717) is 12.6 Å². The molecule has 1 unspecified atom stereocenters. The van der Waals surface area contributed by atoms with Gasteiger partial charge in [0.25, 0.3) is 0 Å². The maximum absolute atomic E-state index is 13.6. The number of aromatic nitrogens is 1. The highest BCUT2D eigenvalue weighted by Crippen LogP contribution is 2.29. The zero-order valence-electron chi connectivity index (χ0n) is 15.4. The molecule has 2 rings (SSSR count). The molecule has 1 atom stereocenters. The minimum Gasteiger partial charge on any atom is -0.465 e. The van der Waals surface area contributed by atoms with Crippen molar-refractivity contribution >= 4 is 23.2 Å². The van der Waals surface area contributed by atoms with Crippen molar-refractivity contribution < 1.29 is 27.4 Å². The second-order valence-corrected chi connectivity index (χ2v) is 5.19. The monoisotopic (exact) mass is 385 g/mol. The number of esters is 1. The zero-order chi connectivity index (χ0) is 20.6. The van der Waals surface area contributed by atoms with Crippen LogP contribution in [-0.2, 0) is 4.74 Å². The maximum Gasteiger partial charge on any atom is 0.339 e. The smallest absolute Gasteiger partial charge is 0.339 e. The third-order valence-electron chi connectivity index (χ3n) is 3.14. The highest BCUT2D eigenvalue weighted by molar-refractivity contribution is 5.91. The molecule has 9 heteroatoms. The fraction of sp³-hybridized carbons (Fsp3) is 0.333. The van der Waals surface area contributed by atoms with E-state index in [1.54, 1.807) is 6.07 Å². The Morgan fingerprint density at radius 2 is 1.96 bits per heavy atom. The normalized spacial score (nSPS) is 12.4. The van der Waals surface area contributed by atoms with Crippen LogP contribution in [0.2, 0.25) is 0 Å². The summed E-state index contributed by atoms with van der Waals surface area (Å²) in [5.74, 6) is -3.57. The molecule has 148 valence electrons. The highest BCUT2D eigenvalue weighted by Gasteiger charge is 2.37. The topological polar surface area (TPSA) is 86.5 Å². The van der Waals surface area contributed by atoms with E-state index in [9.17, 15) is 18.0 Å². The molecule has 0 saturated carbocycles. The molecule has 0 amide bonds. The number of nitrogen functional groups attached to an aromatic ring is 1. The van der Waals surface area contributed by atoms with Gasteiger partial charge >= 0.3 is 18.2 Å². The van der Waals surface area contributed by atoms with Crippen LogP contribution in [0.25, 0.3) is 0 Å². The van der Waals surface area contributed by atoms with E-state index in [1.807, 2.05) is 13.8 Å². The molecular weight excluding hydrogens is 363 g/mol. The van der Waals surface area contributed by atoms with Crippen LogP contribution in [0.3, 0.4) is 0 Å². The van der Waals surface area contributed by atoms with Crippen LogP contribution >= 0.6 is 0 Å². The third kappa shape index (κ3) is 6.05. The van der Waals surface area contributed by atoms with Gasteiger partial charge in [0.05, 0.1) is 18.4 Å². The van der Waals surface area contributed by atoms with Gasteiger partial charge < -0.3 is 20.5 Å². The van der Waals surface area contributed by atoms with Gasteiger partial charge in [-0.2, -0.15) is 4.39 Å². The van der Waals surface area contributed by atoms with Gasteiger partial charge in [-0.3, -0.25) is 0 Å². The number of hydrogen-bond acceptors (Lipinski definition) is 6. The first-order valence-electron chi connectivity index (χ1n) is 8.10. The first-order valence-corrected chi connectivity index (χ1v) is 8.10. The minimum atomic E-state index is -3.30. The van der Waals surface area contributed by atoms with E-state index in [1.165, 1.54) is 37.6 Å². The number of alkyl halides is 3. The van der Waals surface area contributed by atoms with Crippen molar-refractivity contribution in [2.75, 3.05) is 18.2 Å². The average Bonchev–Trinajstić information content (AvgIpc) is 2.64. The Morgan fingerprint density at radius 3 is 2.52 bits per heavy atom. The first-order chi connectivity index (χ1) is 12.7. The molecule has 0 aliphatic rings. The number of nitrogens with zero attached hydrogens (tertiary/aromatic N) is 1. The quantitative estimate of drug-likeness (QED) is 0.710. The van der Waals surface area contributed by atoms with E-state index in [-0.39, 0.29) is 22.8 Å². The molecule has 6 nitrogen and oxygen atoms in total. The van der Waals surface area contributed by atoms with Crippen molar-refractivity contribution in [2.45, 2.75) is 33.1 Å². The Kier molecular flexibility index (Phi) is 7.89. The summed E-state index contributed by atoms with van der Waals surface area (Å²) in [5, 5.41) is 2.83. The fourth-order valence-electron chi connectivity index (χ4n) is 1.86. The summed E-state index contributed by atoms with van der Waals surface area (Å²) in [5.41, 5.74) is 6.54. The van der Waals surface area contributed by atoms with Gasteiger partial charge in [0.1, 0.15) is 5.75 Å². The van der Waals surface area contributed by atoms with E-state index < -0.39 is 18.2 Å². The standard InChI is InChI=1S/C16H16F3N3O3.C2H6/c1-16(19,15(17)18)25-11-5-3-4-10(7-11)22-13-12(20)6-9(8-21-13)14(23)24-2;1-2/h3-8,15H,20H2,1-2H3,(H,21,22);1-2H3. The van der Waals surface area contributed by atoms with Gasteiger partial charge in [-0.25, -0.2) is 18.6 Å². The maximum atomic E-state index is 13.6. The lowest BCUT2D eigenvalue weighted by Gasteiger charge is -2.21. The molecule has 0 bridgehead atoms. The molecule has 0 aliphatic heterocycles. The van der Waals surface area contributed by atoms with E-state index in [2.05, 4.69) is 19.8 Å². The number of pyridine rings is 1. The molecule has 2 aromatic rings. The van der Waals surface area contributed by atoms with E-state index in [4.69, 9.17) is 5.73 Å². The number of halogens is 3. The predicted octanol–water partition coefficient (Wildman–Crippen LogP) is 4.55. The summed E-state index contributed by atoms with van der Waals surface area (Å²) in [6.07, 6.45) is -2.03. The van der Waals surface area contributed by atoms with Crippen molar-refractivity contribution in [3.05, 3.63) is 42.1 Å². The molecular formula is C18H22F3N3O3. The van der Waals surface area contributed by atoms with E-state index in [0.717, 1.165) is 0 Å². The summed E-state index contributed by atoms with van der Waals surface area (Å²) in [6, 6.07) is 7.09. The zero-order valence-corrected chi connectivity index (χ0v) is 15.4. The van der Waals surface area contributed by atoms with Crippen molar-refractivity contribution in [3.8, 4) is 5.75 Å². The number of carbonyl (C=O) groups excluding carboxylic acids is 1. The summed E-state index contributed by atoms with van der Waals surface area (Å²) >= 11 is 0. The summed E-state index contributed by atoms with van der Waals surface area (Å²) in [4.78, 5) is 15.4. The van der Waals surface area contributed by atoms with Crippen LogP contribution in [0.1, 0.15) is 31.1 Å². The second kappa shape index (κ2) is 9.65. The van der Waals surface area contributed by atoms with Gasteiger partial charge in [-0.1, -0.05) is 19.9 Å².